The van der Waals surface area contributed by atoms with E-state index in [2.05, 4.69) is 20.4 Å². The summed E-state index contributed by atoms with van der Waals surface area (Å²) in [5, 5.41) is 0. The van der Waals surface area contributed by atoms with Crippen molar-refractivity contribution in [1.82, 2.24) is 0 Å². The SMILES string of the molecule is C=C(C)C1CCC23CCC(CC2=O)CC32OC(=O)CCC12C. The molecule has 0 aromatic carbocycles. The van der Waals surface area contributed by atoms with Crippen LogP contribution in [0.15, 0.2) is 12.2 Å². The molecule has 0 radical (unpaired) electrons. The van der Waals surface area contributed by atoms with E-state index < -0.39 is 11.0 Å². The van der Waals surface area contributed by atoms with Crippen LogP contribution in [0.3, 0.4) is 0 Å². The Morgan fingerprint density at radius 3 is 2.64 bits per heavy atom. The van der Waals surface area contributed by atoms with Crippen LogP contribution >= 0.6 is 0 Å². The second kappa shape index (κ2) is 4.24. The Morgan fingerprint density at radius 2 is 1.95 bits per heavy atom. The molecule has 2 bridgehead atoms. The quantitative estimate of drug-likeness (QED) is 0.546. The van der Waals surface area contributed by atoms with Crippen molar-refractivity contribution in [3.05, 3.63) is 12.2 Å². The van der Waals surface area contributed by atoms with Crippen molar-refractivity contribution in [2.45, 2.75) is 70.8 Å². The molecule has 4 saturated carbocycles. The first-order valence-electron chi connectivity index (χ1n) is 8.75. The predicted octanol–water partition coefficient (Wildman–Crippen LogP) is 3.81. The molecule has 1 aliphatic heterocycles. The number of Topliss-reactive ketones (excluding diaryl/α,β-unsaturated/α-hetero) is 1. The molecule has 120 valence electrons. The van der Waals surface area contributed by atoms with Gasteiger partial charge in [0, 0.05) is 18.3 Å². The first-order valence-corrected chi connectivity index (χ1v) is 8.75. The fourth-order valence-electron chi connectivity index (χ4n) is 6.62. The summed E-state index contributed by atoms with van der Waals surface area (Å²) in [5.41, 5.74) is 0.0943. The van der Waals surface area contributed by atoms with Gasteiger partial charge < -0.3 is 4.74 Å². The number of ketones is 1. The normalized spacial score (nSPS) is 50.1. The van der Waals surface area contributed by atoms with Crippen molar-refractivity contribution in [2.75, 3.05) is 0 Å². The number of carbonyl (C=O) groups is 2. The monoisotopic (exact) mass is 302 g/mol. The van der Waals surface area contributed by atoms with Crippen molar-refractivity contribution in [2.24, 2.45) is 22.7 Å². The molecule has 5 fully saturated rings. The zero-order chi connectivity index (χ0) is 15.8. The third-order valence-corrected chi connectivity index (χ3v) is 7.62. The molecule has 3 heteroatoms. The molecule has 2 spiro atoms. The van der Waals surface area contributed by atoms with E-state index in [-0.39, 0.29) is 11.4 Å². The van der Waals surface area contributed by atoms with Crippen molar-refractivity contribution < 1.29 is 14.3 Å². The van der Waals surface area contributed by atoms with Crippen LogP contribution in [-0.4, -0.2) is 17.4 Å². The van der Waals surface area contributed by atoms with Gasteiger partial charge in [0.15, 0.2) is 0 Å². The highest BCUT2D eigenvalue weighted by Gasteiger charge is 2.75. The zero-order valence-corrected chi connectivity index (χ0v) is 13.7. The average Bonchev–Trinajstić information content (AvgIpc) is 2.45. The van der Waals surface area contributed by atoms with Crippen LogP contribution in [0.1, 0.15) is 65.2 Å². The maximum absolute atomic E-state index is 13.0. The highest BCUT2D eigenvalue weighted by atomic mass is 16.6. The number of carbonyl (C=O) groups excluding carboxylic acids is 2. The third kappa shape index (κ3) is 1.43. The number of ether oxygens (including phenoxy) is 1. The van der Waals surface area contributed by atoms with E-state index in [1.807, 2.05) is 0 Å². The molecule has 5 atom stereocenters. The number of fused-ring (bicyclic) bond motifs is 2. The van der Waals surface area contributed by atoms with E-state index in [1.165, 1.54) is 5.57 Å². The van der Waals surface area contributed by atoms with Crippen LogP contribution in [0.4, 0.5) is 0 Å². The largest absolute Gasteiger partial charge is 0.457 e. The topological polar surface area (TPSA) is 43.4 Å². The maximum Gasteiger partial charge on any atom is 0.306 e. The molecule has 0 N–H and O–H groups in total. The fraction of sp³-hybridized carbons (Fsp3) is 0.789. The molecule has 5 rings (SSSR count). The first-order chi connectivity index (χ1) is 10.3. The molecule has 5 unspecified atom stereocenters. The van der Waals surface area contributed by atoms with Gasteiger partial charge in [-0.3, -0.25) is 9.59 Å². The Morgan fingerprint density at radius 1 is 1.23 bits per heavy atom. The minimum absolute atomic E-state index is 0.0976. The van der Waals surface area contributed by atoms with Gasteiger partial charge in [0.1, 0.15) is 11.4 Å². The Labute approximate surface area is 132 Å². The van der Waals surface area contributed by atoms with Crippen LogP contribution in [-0.2, 0) is 14.3 Å². The minimum atomic E-state index is -0.560. The lowest BCUT2D eigenvalue weighted by Gasteiger charge is -2.70. The van der Waals surface area contributed by atoms with Crippen LogP contribution in [0.5, 0.6) is 0 Å². The highest BCUT2D eigenvalue weighted by Crippen LogP contribution is 2.71. The molecule has 1 saturated heterocycles. The number of rotatable bonds is 1. The summed E-state index contributed by atoms with van der Waals surface area (Å²) in [6, 6.07) is 0. The lowest BCUT2D eigenvalue weighted by molar-refractivity contribution is -0.275. The average molecular weight is 302 g/mol. The predicted molar refractivity (Wildman–Crippen MR) is 83.1 cm³/mol. The molecule has 0 aromatic rings. The molecule has 1 heterocycles. The number of hydrogen-bond donors (Lipinski definition) is 0. The van der Waals surface area contributed by atoms with Crippen molar-refractivity contribution in [1.29, 1.82) is 0 Å². The van der Waals surface area contributed by atoms with Gasteiger partial charge in [-0.1, -0.05) is 19.1 Å². The van der Waals surface area contributed by atoms with Gasteiger partial charge in [-0.2, -0.15) is 0 Å². The zero-order valence-electron chi connectivity index (χ0n) is 13.7. The van der Waals surface area contributed by atoms with Gasteiger partial charge in [-0.05, 0) is 57.3 Å². The van der Waals surface area contributed by atoms with E-state index in [1.54, 1.807) is 0 Å². The molecule has 5 aliphatic rings. The van der Waals surface area contributed by atoms with Crippen LogP contribution in [0.2, 0.25) is 0 Å². The Balaban J connectivity index is 1.92. The molecule has 3 nitrogen and oxygen atoms in total. The summed E-state index contributed by atoms with van der Waals surface area (Å²) in [6.45, 7) is 8.59. The van der Waals surface area contributed by atoms with Crippen molar-refractivity contribution in [3.8, 4) is 0 Å². The van der Waals surface area contributed by atoms with Gasteiger partial charge >= 0.3 is 5.97 Å². The first kappa shape index (κ1) is 14.5. The van der Waals surface area contributed by atoms with Crippen molar-refractivity contribution in [3.63, 3.8) is 0 Å². The summed E-state index contributed by atoms with van der Waals surface area (Å²) in [7, 11) is 0. The lowest BCUT2D eigenvalue weighted by atomic mass is 9.37. The molecular formula is C19H26O3. The third-order valence-electron chi connectivity index (χ3n) is 7.62. The lowest BCUT2D eigenvalue weighted by Crippen LogP contribution is -2.74. The number of allylic oxidation sites excluding steroid dienone is 1. The second-order valence-electron chi connectivity index (χ2n) is 8.47. The van der Waals surface area contributed by atoms with E-state index in [0.29, 0.717) is 30.5 Å². The highest BCUT2D eigenvalue weighted by molar-refractivity contribution is 5.89. The summed E-state index contributed by atoms with van der Waals surface area (Å²) in [4.78, 5) is 25.2. The number of hydrogen-bond acceptors (Lipinski definition) is 3. The molecule has 0 aromatic heterocycles. The standard InChI is InChI=1S/C19H26O3/c1-12(2)14-5-9-18-8-4-13(10-15(18)20)11-19(18)17(14,3)7-6-16(21)22-19/h13-14H,1,4-11H2,2-3H3. The summed E-state index contributed by atoms with van der Waals surface area (Å²) in [6.07, 6.45) is 6.85. The maximum atomic E-state index is 13.0. The molecular weight excluding hydrogens is 276 g/mol. The van der Waals surface area contributed by atoms with Gasteiger partial charge in [0.2, 0.25) is 0 Å². The van der Waals surface area contributed by atoms with E-state index in [0.717, 1.165) is 38.5 Å². The van der Waals surface area contributed by atoms with Gasteiger partial charge in [0.25, 0.3) is 0 Å². The second-order valence-corrected chi connectivity index (χ2v) is 8.47. The minimum Gasteiger partial charge on any atom is -0.457 e. The van der Waals surface area contributed by atoms with E-state index in [9.17, 15) is 9.59 Å². The molecule has 22 heavy (non-hydrogen) atoms. The van der Waals surface area contributed by atoms with Crippen LogP contribution < -0.4 is 0 Å². The summed E-state index contributed by atoms with van der Waals surface area (Å²) in [5.74, 6) is 1.04. The van der Waals surface area contributed by atoms with Crippen LogP contribution in [0, 0.1) is 22.7 Å². The fourth-order valence-corrected chi connectivity index (χ4v) is 6.62. The van der Waals surface area contributed by atoms with E-state index in [4.69, 9.17) is 4.74 Å². The Bertz CT molecular complexity index is 579. The van der Waals surface area contributed by atoms with Gasteiger partial charge in [-0.25, -0.2) is 0 Å². The summed E-state index contributed by atoms with van der Waals surface area (Å²) >= 11 is 0. The Hall–Kier alpha value is -1.12. The van der Waals surface area contributed by atoms with Gasteiger partial charge in [0.05, 0.1) is 5.41 Å². The Kier molecular flexibility index (Phi) is 2.79. The van der Waals surface area contributed by atoms with E-state index >= 15 is 0 Å². The smallest absolute Gasteiger partial charge is 0.306 e. The van der Waals surface area contributed by atoms with Crippen LogP contribution in [0.25, 0.3) is 0 Å². The molecule has 0 amide bonds. The summed E-state index contributed by atoms with van der Waals surface area (Å²) < 4.78 is 6.16. The molecule has 4 aliphatic carbocycles. The number of esters is 1. The van der Waals surface area contributed by atoms with Gasteiger partial charge in [-0.15, -0.1) is 0 Å². The van der Waals surface area contributed by atoms with Crippen molar-refractivity contribution >= 4 is 11.8 Å².